The second-order valence-corrected chi connectivity index (χ2v) is 5.96. The van der Waals surface area contributed by atoms with Crippen LogP contribution in [0.5, 0.6) is 0 Å². The van der Waals surface area contributed by atoms with Gasteiger partial charge in [0.2, 0.25) is 0 Å². The van der Waals surface area contributed by atoms with Crippen molar-refractivity contribution in [1.29, 1.82) is 0 Å². The third kappa shape index (κ3) is 2.98. The second kappa shape index (κ2) is 5.62. The summed E-state index contributed by atoms with van der Waals surface area (Å²) in [4.78, 5) is 19.8. The SMILES string of the molecule is Cn1ccnc1CCNc1nc(C(C)(C)C(=O)O)cs1. The number of carboxylic acids is 1. The average Bonchev–Trinajstić information content (AvgIpc) is 2.99. The molecule has 0 unspecified atom stereocenters. The Morgan fingerprint density at radius 1 is 1.55 bits per heavy atom. The first-order valence-electron chi connectivity index (χ1n) is 6.30. The Morgan fingerprint density at radius 2 is 2.30 bits per heavy atom. The lowest BCUT2D eigenvalue weighted by Crippen LogP contribution is -2.28. The molecule has 0 radical (unpaired) electrons. The molecule has 0 amide bonds. The van der Waals surface area contributed by atoms with Gasteiger partial charge in [0.25, 0.3) is 0 Å². The van der Waals surface area contributed by atoms with E-state index >= 15 is 0 Å². The molecular weight excluding hydrogens is 276 g/mol. The minimum atomic E-state index is -0.962. The van der Waals surface area contributed by atoms with E-state index in [1.54, 1.807) is 25.4 Å². The van der Waals surface area contributed by atoms with Gasteiger partial charge in [-0.15, -0.1) is 11.3 Å². The maximum absolute atomic E-state index is 11.2. The molecule has 6 nitrogen and oxygen atoms in total. The fourth-order valence-corrected chi connectivity index (χ4v) is 2.58. The molecule has 0 saturated carbocycles. The monoisotopic (exact) mass is 294 g/mol. The predicted octanol–water partition coefficient (Wildman–Crippen LogP) is 1.89. The van der Waals surface area contributed by atoms with Gasteiger partial charge in [0.1, 0.15) is 11.2 Å². The zero-order chi connectivity index (χ0) is 14.8. The van der Waals surface area contributed by atoms with Gasteiger partial charge in [0.15, 0.2) is 5.13 Å². The molecule has 2 aromatic heterocycles. The fourth-order valence-electron chi connectivity index (χ4n) is 1.67. The Labute approximate surface area is 121 Å². The number of carbonyl (C=O) groups is 1. The lowest BCUT2D eigenvalue weighted by molar-refractivity contribution is -0.142. The summed E-state index contributed by atoms with van der Waals surface area (Å²) < 4.78 is 1.97. The van der Waals surface area contributed by atoms with Gasteiger partial charge >= 0.3 is 5.97 Å². The third-order valence-corrected chi connectivity index (χ3v) is 4.02. The van der Waals surface area contributed by atoms with E-state index in [0.717, 1.165) is 17.4 Å². The summed E-state index contributed by atoms with van der Waals surface area (Å²) in [6.07, 6.45) is 4.47. The number of aliphatic carboxylic acids is 1. The van der Waals surface area contributed by atoms with Crippen LogP contribution in [0.4, 0.5) is 5.13 Å². The fraction of sp³-hybridized carbons (Fsp3) is 0.462. The smallest absolute Gasteiger partial charge is 0.315 e. The minimum Gasteiger partial charge on any atom is -0.481 e. The van der Waals surface area contributed by atoms with E-state index in [1.165, 1.54) is 11.3 Å². The van der Waals surface area contributed by atoms with Crippen molar-refractivity contribution < 1.29 is 9.90 Å². The summed E-state index contributed by atoms with van der Waals surface area (Å²) >= 11 is 1.42. The van der Waals surface area contributed by atoms with Crippen LogP contribution in [0.3, 0.4) is 0 Å². The highest BCUT2D eigenvalue weighted by atomic mass is 32.1. The summed E-state index contributed by atoms with van der Waals surface area (Å²) in [6.45, 7) is 4.02. The van der Waals surface area contributed by atoms with Crippen molar-refractivity contribution in [2.75, 3.05) is 11.9 Å². The zero-order valence-corrected chi connectivity index (χ0v) is 12.6. The molecule has 108 valence electrons. The molecule has 2 heterocycles. The normalized spacial score (nSPS) is 11.6. The number of nitrogens with zero attached hydrogens (tertiary/aromatic N) is 3. The summed E-state index contributed by atoms with van der Waals surface area (Å²) in [5, 5.41) is 14.9. The molecule has 0 fully saturated rings. The topological polar surface area (TPSA) is 80.0 Å². The van der Waals surface area contributed by atoms with Crippen LogP contribution in [0.25, 0.3) is 0 Å². The van der Waals surface area contributed by atoms with Crippen molar-refractivity contribution in [2.24, 2.45) is 7.05 Å². The highest BCUT2D eigenvalue weighted by Gasteiger charge is 2.32. The highest BCUT2D eigenvalue weighted by Crippen LogP contribution is 2.27. The number of anilines is 1. The van der Waals surface area contributed by atoms with E-state index in [9.17, 15) is 4.79 Å². The lowest BCUT2D eigenvalue weighted by atomic mass is 9.90. The van der Waals surface area contributed by atoms with Gasteiger partial charge in [-0.3, -0.25) is 4.79 Å². The maximum atomic E-state index is 11.2. The summed E-state index contributed by atoms with van der Waals surface area (Å²) in [7, 11) is 1.96. The molecule has 0 bridgehead atoms. The summed E-state index contributed by atoms with van der Waals surface area (Å²) in [6, 6.07) is 0. The van der Waals surface area contributed by atoms with Crippen LogP contribution in [0.1, 0.15) is 25.4 Å². The molecule has 0 aliphatic carbocycles. The number of thiazole rings is 1. The molecule has 0 spiro atoms. The van der Waals surface area contributed by atoms with Crippen LogP contribution in [-0.2, 0) is 23.7 Å². The van der Waals surface area contributed by atoms with E-state index in [1.807, 2.05) is 17.8 Å². The number of hydrogen-bond donors (Lipinski definition) is 2. The second-order valence-electron chi connectivity index (χ2n) is 5.10. The quantitative estimate of drug-likeness (QED) is 0.850. The Morgan fingerprint density at radius 3 is 2.90 bits per heavy atom. The predicted molar refractivity (Wildman–Crippen MR) is 78.2 cm³/mol. The number of hydrogen-bond acceptors (Lipinski definition) is 5. The Balaban J connectivity index is 1.94. The van der Waals surface area contributed by atoms with Gasteiger partial charge in [0.05, 0.1) is 5.69 Å². The van der Waals surface area contributed by atoms with Crippen LogP contribution < -0.4 is 5.32 Å². The molecule has 7 heteroatoms. The van der Waals surface area contributed by atoms with Crippen molar-refractivity contribution in [3.63, 3.8) is 0 Å². The van der Waals surface area contributed by atoms with E-state index in [0.29, 0.717) is 12.2 Å². The largest absolute Gasteiger partial charge is 0.481 e. The van der Waals surface area contributed by atoms with Gasteiger partial charge < -0.3 is 15.0 Å². The Kier molecular flexibility index (Phi) is 4.08. The average molecular weight is 294 g/mol. The molecule has 2 N–H and O–H groups in total. The van der Waals surface area contributed by atoms with Crippen LogP contribution in [-0.4, -0.2) is 32.2 Å². The number of carboxylic acid groups (broad SMARTS) is 1. The molecule has 2 rings (SSSR count). The number of aromatic nitrogens is 3. The van der Waals surface area contributed by atoms with Crippen molar-refractivity contribution in [2.45, 2.75) is 25.7 Å². The van der Waals surface area contributed by atoms with E-state index in [4.69, 9.17) is 5.11 Å². The van der Waals surface area contributed by atoms with Gasteiger partial charge in [-0.05, 0) is 13.8 Å². The zero-order valence-electron chi connectivity index (χ0n) is 11.8. The van der Waals surface area contributed by atoms with Crippen molar-refractivity contribution >= 4 is 22.4 Å². The molecule has 0 aliphatic heterocycles. The standard InChI is InChI=1S/C13H18N4O2S/c1-13(2,11(18)19)9-8-20-12(16-9)15-5-4-10-14-6-7-17(10)3/h6-8H,4-5H2,1-3H3,(H,15,16)(H,18,19). The number of rotatable bonds is 6. The highest BCUT2D eigenvalue weighted by molar-refractivity contribution is 7.13. The van der Waals surface area contributed by atoms with Crippen molar-refractivity contribution in [1.82, 2.24) is 14.5 Å². The van der Waals surface area contributed by atoms with E-state index < -0.39 is 11.4 Å². The Hall–Kier alpha value is -1.89. The molecule has 0 atom stereocenters. The first kappa shape index (κ1) is 14.5. The van der Waals surface area contributed by atoms with Crippen LogP contribution in [0.2, 0.25) is 0 Å². The third-order valence-electron chi connectivity index (χ3n) is 3.22. The lowest BCUT2D eigenvalue weighted by Gasteiger charge is -2.15. The van der Waals surface area contributed by atoms with Crippen LogP contribution >= 0.6 is 11.3 Å². The van der Waals surface area contributed by atoms with Crippen molar-refractivity contribution in [3.8, 4) is 0 Å². The van der Waals surface area contributed by atoms with Gasteiger partial charge in [0, 0.05) is 37.8 Å². The minimum absolute atomic E-state index is 0.578. The molecule has 0 aromatic carbocycles. The van der Waals surface area contributed by atoms with Crippen molar-refractivity contribution in [3.05, 3.63) is 29.3 Å². The Bertz CT molecular complexity index is 603. The van der Waals surface area contributed by atoms with Crippen LogP contribution in [0, 0.1) is 0 Å². The van der Waals surface area contributed by atoms with E-state index in [-0.39, 0.29) is 0 Å². The summed E-state index contributed by atoms with van der Waals surface area (Å²) in [5.41, 5.74) is -0.384. The van der Waals surface area contributed by atoms with Crippen LogP contribution in [0.15, 0.2) is 17.8 Å². The van der Waals surface area contributed by atoms with Gasteiger partial charge in [-0.1, -0.05) is 0 Å². The molecule has 20 heavy (non-hydrogen) atoms. The maximum Gasteiger partial charge on any atom is 0.315 e. The first-order chi connectivity index (χ1) is 9.41. The number of aryl methyl sites for hydroxylation is 1. The molecule has 0 aliphatic rings. The van der Waals surface area contributed by atoms with E-state index in [2.05, 4.69) is 15.3 Å². The van der Waals surface area contributed by atoms with Gasteiger partial charge in [-0.2, -0.15) is 0 Å². The van der Waals surface area contributed by atoms with Gasteiger partial charge in [-0.25, -0.2) is 9.97 Å². The first-order valence-corrected chi connectivity index (χ1v) is 7.18. The molecule has 0 saturated heterocycles. The molecular formula is C13H18N4O2S. The number of nitrogens with one attached hydrogen (secondary N) is 1. The number of imidazole rings is 1. The molecule has 2 aromatic rings. The summed E-state index contributed by atoms with van der Waals surface area (Å²) in [5.74, 6) is 0.127.